The molecule has 7 atom stereocenters. The minimum atomic E-state index is -0.994. The third-order valence-corrected chi connectivity index (χ3v) is 7.74. The first-order valence-corrected chi connectivity index (χ1v) is 9.02. The van der Waals surface area contributed by atoms with Crippen molar-refractivity contribution in [3.05, 3.63) is 11.6 Å². The van der Waals surface area contributed by atoms with Gasteiger partial charge in [0, 0.05) is 11.8 Å². The van der Waals surface area contributed by atoms with Crippen LogP contribution >= 0.6 is 0 Å². The summed E-state index contributed by atoms with van der Waals surface area (Å²) in [5.74, 6) is 4.54. The van der Waals surface area contributed by atoms with Gasteiger partial charge in [-0.3, -0.25) is 4.79 Å². The molecule has 0 bridgehead atoms. The summed E-state index contributed by atoms with van der Waals surface area (Å²) in [6.07, 6.45) is 12.7. The van der Waals surface area contributed by atoms with Gasteiger partial charge in [0.25, 0.3) is 0 Å². The molecule has 3 fully saturated rings. The Morgan fingerprint density at radius 2 is 2.04 bits per heavy atom. The van der Waals surface area contributed by atoms with E-state index < -0.39 is 11.7 Å². The first-order chi connectivity index (χ1) is 10.9. The zero-order valence-corrected chi connectivity index (χ0v) is 13.8. The second-order valence-electron chi connectivity index (χ2n) is 8.44. The molecule has 23 heavy (non-hydrogen) atoms. The molecule has 0 aromatic heterocycles. The molecule has 0 aliphatic heterocycles. The minimum Gasteiger partial charge on any atom is -0.389 e. The molecule has 2 N–H and O–H groups in total. The van der Waals surface area contributed by atoms with Gasteiger partial charge in [-0.15, -0.1) is 6.42 Å². The van der Waals surface area contributed by atoms with Crippen LogP contribution in [0.5, 0.6) is 0 Å². The maximum atomic E-state index is 11.7. The van der Waals surface area contributed by atoms with Crippen LogP contribution in [0.2, 0.25) is 0 Å². The molecule has 3 saturated carbocycles. The lowest BCUT2D eigenvalue weighted by molar-refractivity contribution is -0.118. The van der Waals surface area contributed by atoms with Crippen molar-refractivity contribution in [2.45, 2.75) is 63.6 Å². The molecule has 0 heterocycles. The third-order valence-electron chi connectivity index (χ3n) is 7.74. The molecule has 4 rings (SSSR count). The van der Waals surface area contributed by atoms with E-state index in [1.807, 2.05) is 0 Å². The van der Waals surface area contributed by atoms with Crippen LogP contribution in [0.3, 0.4) is 0 Å². The predicted molar refractivity (Wildman–Crippen MR) is 87.3 cm³/mol. The molecular weight excluding hydrogens is 288 g/mol. The number of hydrogen-bond acceptors (Lipinski definition) is 3. The molecule has 124 valence electrons. The standard InChI is InChI=1S/C20H26O3/c1-3-20(23)9-7-17-15-11-18(22)16-10-12(21)4-5-13(16)14(15)6-8-19(17,20)2/h1,10,13-15,17-18,22-23H,4-9,11H2,2H3/t13-,14-,15-,17+,18-,19-,20-/m1/s1. The molecule has 0 aromatic rings. The van der Waals surface area contributed by atoms with Crippen LogP contribution in [0.15, 0.2) is 11.6 Å². The Hall–Kier alpha value is -1.11. The molecule has 0 spiro atoms. The zero-order valence-electron chi connectivity index (χ0n) is 13.8. The minimum absolute atomic E-state index is 0.164. The summed E-state index contributed by atoms with van der Waals surface area (Å²) in [5.41, 5.74) is -0.239. The number of fused-ring (bicyclic) bond motifs is 5. The van der Waals surface area contributed by atoms with Gasteiger partial charge in [0.05, 0.1) is 6.10 Å². The first kappa shape index (κ1) is 15.4. The fourth-order valence-corrected chi connectivity index (χ4v) is 6.44. The van der Waals surface area contributed by atoms with E-state index in [0.717, 1.165) is 37.7 Å². The van der Waals surface area contributed by atoms with Gasteiger partial charge in [0.1, 0.15) is 5.60 Å². The predicted octanol–water partition coefficient (Wildman–Crippen LogP) is 2.46. The second-order valence-corrected chi connectivity index (χ2v) is 8.44. The Morgan fingerprint density at radius 1 is 1.26 bits per heavy atom. The van der Waals surface area contributed by atoms with Crippen LogP contribution in [0.25, 0.3) is 0 Å². The average molecular weight is 314 g/mol. The fourth-order valence-electron chi connectivity index (χ4n) is 6.44. The van der Waals surface area contributed by atoms with Crippen molar-refractivity contribution in [1.29, 1.82) is 0 Å². The Labute approximate surface area is 138 Å². The van der Waals surface area contributed by atoms with Crippen LogP contribution < -0.4 is 0 Å². The largest absolute Gasteiger partial charge is 0.389 e. The van der Waals surface area contributed by atoms with Crippen LogP contribution in [-0.2, 0) is 4.79 Å². The number of ketones is 1. The SMILES string of the molecule is C#C[C@@]1(O)CC[C@H]2[C@@H]3C[C@@H](O)C4=CC(=O)CC[C@@H]4[C@H]3CC[C@]21C. The van der Waals surface area contributed by atoms with Crippen molar-refractivity contribution >= 4 is 5.78 Å². The van der Waals surface area contributed by atoms with Gasteiger partial charge < -0.3 is 10.2 Å². The summed E-state index contributed by atoms with van der Waals surface area (Å²) in [6.45, 7) is 2.16. The monoisotopic (exact) mass is 314 g/mol. The van der Waals surface area contributed by atoms with Gasteiger partial charge in [0.15, 0.2) is 5.78 Å². The van der Waals surface area contributed by atoms with Crippen molar-refractivity contribution in [3.63, 3.8) is 0 Å². The molecule has 0 saturated heterocycles. The van der Waals surface area contributed by atoms with Crippen molar-refractivity contribution in [2.75, 3.05) is 0 Å². The van der Waals surface area contributed by atoms with Crippen LogP contribution in [0, 0.1) is 41.4 Å². The first-order valence-electron chi connectivity index (χ1n) is 9.02. The van der Waals surface area contributed by atoms with E-state index in [9.17, 15) is 15.0 Å². The van der Waals surface area contributed by atoms with Crippen molar-refractivity contribution in [2.24, 2.45) is 29.1 Å². The summed E-state index contributed by atoms with van der Waals surface area (Å²) >= 11 is 0. The van der Waals surface area contributed by atoms with Gasteiger partial charge in [-0.05, 0) is 73.8 Å². The average Bonchev–Trinajstić information content (AvgIpc) is 2.80. The van der Waals surface area contributed by atoms with Gasteiger partial charge in [-0.1, -0.05) is 12.8 Å². The highest BCUT2D eigenvalue weighted by Gasteiger charge is 2.62. The number of hydrogen-bond donors (Lipinski definition) is 2. The summed E-state index contributed by atoms with van der Waals surface area (Å²) in [4.78, 5) is 11.7. The Kier molecular flexibility index (Phi) is 3.31. The molecule has 3 nitrogen and oxygen atoms in total. The quantitative estimate of drug-likeness (QED) is 0.675. The summed E-state index contributed by atoms with van der Waals surface area (Å²) in [5, 5.41) is 21.6. The third kappa shape index (κ3) is 1.95. The highest BCUT2D eigenvalue weighted by atomic mass is 16.3. The highest BCUT2D eigenvalue weighted by molar-refractivity contribution is 5.91. The van der Waals surface area contributed by atoms with E-state index >= 15 is 0 Å². The van der Waals surface area contributed by atoms with Crippen LogP contribution in [0.4, 0.5) is 0 Å². The molecular formula is C20H26O3. The van der Waals surface area contributed by atoms with E-state index in [1.54, 1.807) is 6.08 Å². The molecule has 3 heteroatoms. The number of terminal acetylenes is 1. The van der Waals surface area contributed by atoms with Gasteiger partial charge in [-0.25, -0.2) is 0 Å². The molecule has 4 aliphatic carbocycles. The lowest BCUT2D eigenvalue weighted by Gasteiger charge is -2.55. The van der Waals surface area contributed by atoms with E-state index in [-0.39, 0.29) is 11.2 Å². The molecule has 4 aliphatic rings. The van der Waals surface area contributed by atoms with E-state index in [1.165, 1.54) is 0 Å². The Bertz CT molecular complexity index is 615. The number of carbonyl (C=O) groups is 1. The number of carbonyl (C=O) groups excluding carboxylic acids is 1. The van der Waals surface area contributed by atoms with Crippen LogP contribution in [-0.4, -0.2) is 27.7 Å². The van der Waals surface area contributed by atoms with Gasteiger partial charge in [0.2, 0.25) is 0 Å². The number of aliphatic hydroxyl groups is 2. The van der Waals surface area contributed by atoms with Crippen molar-refractivity contribution < 1.29 is 15.0 Å². The van der Waals surface area contributed by atoms with E-state index in [4.69, 9.17) is 6.42 Å². The lowest BCUT2D eigenvalue weighted by atomic mass is 9.50. The summed E-state index contributed by atoms with van der Waals surface area (Å²) in [6, 6.07) is 0. The molecule has 0 radical (unpaired) electrons. The highest BCUT2D eigenvalue weighted by Crippen LogP contribution is 2.64. The Morgan fingerprint density at radius 3 is 2.78 bits per heavy atom. The summed E-state index contributed by atoms with van der Waals surface area (Å²) in [7, 11) is 0. The normalized spacial score (nSPS) is 52.0. The van der Waals surface area contributed by atoms with E-state index in [0.29, 0.717) is 36.5 Å². The van der Waals surface area contributed by atoms with Gasteiger partial charge in [-0.2, -0.15) is 0 Å². The van der Waals surface area contributed by atoms with Crippen LogP contribution in [0.1, 0.15) is 51.9 Å². The zero-order chi connectivity index (χ0) is 16.4. The maximum Gasteiger partial charge on any atom is 0.155 e. The van der Waals surface area contributed by atoms with E-state index in [2.05, 4.69) is 12.8 Å². The second kappa shape index (κ2) is 4.94. The molecule has 0 amide bonds. The van der Waals surface area contributed by atoms with Crippen molar-refractivity contribution in [1.82, 2.24) is 0 Å². The molecule has 0 aromatic carbocycles. The molecule has 0 unspecified atom stereocenters. The maximum absolute atomic E-state index is 11.7. The number of rotatable bonds is 0. The Balaban J connectivity index is 1.69. The lowest BCUT2D eigenvalue weighted by Crippen LogP contribution is -2.53. The fraction of sp³-hybridized carbons (Fsp3) is 0.750. The summed E-state index contributed by atoms with van der Waals surface area (Å²) < 4.78 is 0. The number of aliphatic hydroxyl groups excluding tert-OH is 1. The van der Waals surface area contributed by atoms with Crippen molar-refractivity contribution in [3.8, 4) is 12.3 Å². The topological polar surface area (TPSA) is 57.5 Å². The van der Waals surface area contributed by atoms with Gasteiger partial charge >= 0.3 is 0 Å². The smallest absolute Gasteiger partial charge is 0.155 e.